The zero-order valence-corrected chi connectivity index (χ0v) is 12.8. The SMILES string of the molecule is CC(C)N(CC1CCCCN1)c1nnc2ccccc2n1. The van der Waals surface area contributed by atoms with Crippen LogP contribution in [0.2, 0.25) is 0 Å². The van der Waals surface area contributed by atoms with Gasteiger partial charge >= 0.3 is 0 Å². The minimum atomic E-state index is 0.358. The van der Waals surface area contributed by atoms with Crippen LogP contribution in [0.4, 0.5) is 5.95 Å². The van der Waals surface area contributed by atoms with Crippen molar-refractivity contribution in [3.63, 3.8) is 0 Å². The van der Waals surface area contributed by atoms with Crippen LogP contribution in [-0.4, -0.2) is 40.4 Å². The lowest BCUT2D eigenvalue weighted by molar-refractivity contribution is 0.391. The summed E-state index contributed by atoms with van der Waals surface area (Å²) in [6.45, 7) is 6.42. The molecule has 1 fully saturated rings. The maximum Gasteiger partial charge on any atom is 0.246 e. The van der Waals surface area contributed by atoms with Gasteiger partial charge in [0.1, 0.15) is 5.52 Å². The number of hydrogen-bond acceptors (Lipinski definition) is 5. The van der Waals surface area contributed by atoms with E-state index in [1.807, 2.05) is 24.3 Å². The van der Waals surface area contributed by atoms with Crippen LogP contribution in [0, 0.1) is 0 Å². The number of hydrogen-bond donors (Lipinski definition) is 1. The van der Waals surface area contributed by atoms with Crippen LogP contribution >= 0.6 is 0 Å². The molecule has 0 radical (unpaired) electrons. The molecule has 2 heterocycles. The van der Waals surface area contributed by atoms with Gasteiger partial charge in [0, 0.05) is 18.6 Å². The quantitative estimate of drug-likeness (QED) is 0.934. The second kappa shape index (κ2) is 6.35. The molecule has 3 rings (SSSR count). The summed E-state index contributed by atoms with van der Waals surface area (Å²) in [4.78, 5) is 6.94. The lowest BCUT2D eigenvalue weighted by Crippen LogP contribution is -2.46. The topological polar surface area (TPSA) is 53.9 Å². The van der Waals surface area contributed by atoms with Crippen molar-refractivity contribution in [2.75, 3.05) is 18.0 Å². The molecule has 0 amide bonds. The summed E-state index contributed by atoms with van der Waals surface area (Å²) in [5, 5.41) is 12.2. The third-order valence-electron chi connectivity index (χ3n) is 4.06. The van der Waals surface area contributed by atoms with E-state index in [1.165, 1.54) is 19.3 Å². The fraction of sp³-hybridized carbons (Fsp3) is 0.562. The summed E-state index contributed by atoms with van der Waals surface area (Å²) in [5.41, 5.74) is 1.76. The number of benzene rings is 1. The Labute approximate surface area is 125 Å². The highest BCUT2D eigenvalue weighted by molar-refractivity contribution is 5.74. The molecule has 0 saturated carbocycles. The van der Waals surface area contributed by atoms with Crippen molar-refractivity contribution in [3.05, 3.63) is 24.3 Å². The molecule has 0 bridgehead atoms. The predicted octanol–water partition coefficient (Wildman–Crippen LogP) is 2.38. The van der Waals surface area contributed by atoms with Gasteiger partial charge in [-0.15, -0.1) is 10.2 Å². The molecule has 21 heavy (non-hydrogen) atoms. The molecule has 0 aliphatic carbocycles. The van der Waals surface area contributed by atoms with Crippen molar-refractivity contribution in [3.8, 4) is 0 Å². The number of fused-ring (bicyclic) bond motifs is 1. The number of anilines is 1. The normalized spacial score (nSPS) is 19.1. The summed E-state index contributed by atoms with van der Waals surface area (Å²) in [5.74, 6) is 0.732. The summed E-state index contributed by atoms with van der Waals surface area (Å²) in [7, 11) is 0. The maximum absolute atomic E-state index is 4.69. The third-order valence-corrected chi connectivity index (χ3v) is 4.06. The molecule has 1 saturated heterocycles. The van der Waals surface area contributed by atoms with Gasteiger partial charge in [-0.2, -0.15) is 0 Å². The molecule has 0 spiro atoms. The smallest absolute Gasteiger partial charge is 0.246 e. The van der Waals surface area contributed by atoms with E-state index in [4.69, 9.17) is 0 Å². The standard InChI is InChI=1S/C16H23N5/c1-12(2)21(11-13-7-5-6-10-17-13)16-18-14-8-3-4-9-15(14)19-20-16/h3-4,8-9,12-13,17H,5-7,10-11H2,1-2H3. The van der Waals surface area contributed by atoms with Gasteiger partial charge < -0.3 is 10.2 Å². The van der Waals surface area contributed by atoms with E-state index in [0.717, 1.165) is 30.1 Å². The molecule has 1 aliphatic heterocycles. The molecule has 1 aliphatic rings. The fourth-order valence-electron chi connectivity index (χ4n) is 2.83. The van der Waals surface area contributed by atoms with Gasteiger partial charge in [-0.25, -0.2) is 4.98 Å². The Balaban J connectivity index is 1.84. The first-order chi connectivity index (χ1) is 10.2. The zero-order valence-electron chi connectivity index (χ0n) is 12.8. The highest BCUT2D eigenvalue weighted by Crippen LogP contribution is 2.17. The first-order valence-corrected chi connectivity index (χ1v) is 7.83. The predicted molar refractivity (Wildman–Crippen MR) is 85.5 cm³/mol. The van der Waals surface area contributed by atoms with Gasteiger partial charge in [0.05, 0.1) is 5.52 Å². The number of nitrogens with zero attached hydrogens (tertiary/aromatic N) is 4. The second-order valence-corrected chi connectivity index (χ2v) is 5.99. The molecular weight excluding hydrogens is 262 g/mol. The minimum absolute atomic E-state index is 0.358. The van der Waals surface area contributed by atoms with Crippen LogP contribution in [0.1, 0.15) is 33.1 Å². The van der Waals surface area contributed by atoms with Crippen molar-refractivity contribution in [1.82, 2.24) is 20.5 Å². The van der Waals surface area contributed by atoms with Crippen LogP contribution in [-0.2, 0) is 0 Å². The lowest BCUT2D eigenvalue weighted by Gasteiger charge is -2.33. The Hall–Kier alpha value is -1.75. The van der Waals surface area contributed by atoms with Crippen LogP contribution in [0.25, 0.3) is 11.0 Å². The molecule has 1 unspecified atom stereocenters. The second-order valence-electron chi connectivity index (χ2n) is 5.99. The first kappa shape index (κ1) is 14.2. The summed E-state index contributed by atoms with van der Waals surface area (Å²) in [6, 6.07) is 8.77. The Morgan fingerprint density at radius 3 is 2.71 bits per heavy atom. The molecule has 2 aromatic rings. The molecule has 5 nitrogen and oxygen atoms in total. The molecule has 112 valence electrons. The van der Waals surface area contributed by atoms with E-state index < -0.39 is 0 Å². The van der Waals surface area contributed by atoms with Crippen LogP contribution in [0.15, 0.2) is 24.3 Å². The lowest BCUT2D eigenvalue weighted by atomic mass is 10.0. The molecule has 1 aromatic carbocycles. The van der Waals surface area contributed by atoms with Gasteiger partial charge in [0.15, 0.2) is 0 Å². The minimum Gasteiger partial charge on any atom is -0.336 e. The summed E-state index contributed by atoms with van der Waals surface area (Å²) in [6.07, 6.45) is 3.82. The van der Waals surface area contributed by atoms with Crippen molar-refractivity contribution in [2.45, 2.75) is 45.2 Å². The van der Waals surface area contributed by atoms with E-state index >= 15 is 0 Å². The number of aromatic nitrogens is 3. The van der Waals surface area contributed by atoms with Crippen molar-refractivity contribution in [2.24, 2.45) is 0 Å². The largest absolute Gasteiger partial charge is 0.336 e. The first-order valence-electron chi connectivity index (χ1n) is 7.83. The van der Waals surface area contributed by atoms with Gasteiger partial charge in [0.2, 0.25) is 5.95 Å². The van der Waals surface area contributed by atoms with Crippen molar-refractivity contribution in [1.29, 1.82) is 0 Å². The van der Waals surface area contributed by atoms with Gasteiger partial charge in [0.25, 0.3) is 0 Å². The summed E-state index contributed by atoms with van der Waals surface area (Å²) < 4.78 is 0. The Morgan fingerprint density at radius 1 is 1.19 bits per heavy atom. The van der Waals surface area contributed by atoms with Crippen molar-refractivity contribution < 1.29 is 0 Å². The number of para-hydroxylation sites is 1. The van der Waals surface area contributed by atoms with Crippen LogP contribution in [0.5, 0.6) is 0 Å². The van der Waals surface area contributed by atoms with Gasteiger partial charge in [-0.05, 0) is 45.4 Å². The Morgan fingerprint density at radius 2 is 2.00 bits per heavy atom. The molecular formula is C16H23N5. The zero-order chi connectivity index (χ0) is 14.7. The average Bonchev–Trinajstić information content (AvgIpc) is 2.53. The van der Waals surface area contributed by atoms with Gasteiger partial charge in [-0.3, -0.25) is 0 Å². The van der Waals surface area contributed by atoms with E-state index in [1.54, 1.807) is 0 Å². The van der Waals surface area contributed by atoms with Gasteiger partial charge in [-0.1, -0.05) is 18.6 Å². The molecule has 5 heteroatoms. The van der Waals surface area contributed by atoms with E-state index in [0.29, 0.717) is 12.1 Å². The number of rotatable bonds is 4. The van der Waals surface area contributed by atoms with Crippen LogP contribution in [0.3, 0.4) is 0 Å². The Kier molecular flexibility index (Phi) is 4.29. The van der Waals surface area contributed by atoms with E-state index in [2.05, 4.69) is 39.2 Å². The van der Waals surface area contributed by atoms with Crippen LogP contribution < -0.4 is 10.2 Å². The summed E-state index contributed by atoms with van der Waals surface area (Å²) >= 11 is 0. The monoisotopic (exact) mass is 285 g/mol. The Bertz CT molecular complexity index is 592. The highest BCUT2D eigenvalue weighted by Gasteiger charge is 2.21. The third kappa shape index (κ3) is 3.29. The average molecular weight is 285 g/mol. The number of piperidine rings is 1. The molecule has 1 atom stereocenters. The van der Waals surface area contributed by atoms with Crippen molar-refractivity contribution >= 4 is 17.0 Å². The molecule has 1 N–H and O–H groups in total. The van der Waals surface area contributed by atoms with E-state index in [-0.39, 0.29) is 0 Å². The molecule has 1 aromatic heterocycles. The fourth-order valence-corrected chi connectivity index (χ4v) is 2.83. The highest BCUT2D eigenvalue weighted by atomic mass is 15.3. The number of nitrogens with one attached hydrogen (secondary N) is 1. The van der Waals surface area contributed by atoms with E-state index in [9.17, 15) is 0 Å². The maximum atomic E-state index is 4.69.